The summed E-state index contributed by atoms with van der Waals surface area (Å²) in [6, 6.07) is 15.6. The third-order valence-electron chi connectivity index (χ3n) is 4.79. The van der Waals surface area contributed by atoms with Crippen molar-refractivity contribution in [2.75, 3.05) is 12.4 Å². The van der Waals surface area contributed by atoms with Gasteiger partial charge in [0.25, 0.3) is 5.91 Å². The first-order chi connectivity index (χ1) is 13.7. The maximum Gasteiger partial charge on any atom is 0.277 e. The van der Waals surface area contributed by atoms with Crippen molar-refractivity contribution < 1.29 is 4.79 Å². The molecule has 1 N–H and O–H groups in total. The van der Waals surface area contributed by atoms with E-state index in [9.17, 15) is 4.79 Å². The van der Waals surface area contributed by atoms with E-state index in [0.29, 0.717) is 11.4 Å². The van der Waals surface area contributed by atoms with Crippen LogP contribution in [0.25, 0.3) is 33.4 Å². The molecule has 1 amide bonds. The van der Waals surface area contributed by atoms with Crippen LogP contribution >= 0.6 is 0 Å². The molecule has 4 aromatic rings. The summed E-state index contributed by atoms with van der Waals surface area (Å²) < 4.78 is 0. The minimum atomic E-state index is -0.186. The highest BCUT2D eigenvalue weighted by Crippen LogP contribution is 2.30. The largest absolute Gasteiger partial charge is 0.373 e. The average Bonchev–Trinajstić information content (AvgIpc) is 3.13. The van der Waals surface area contributed by atoms with Crippen LogP contribution in [0.3, 0.4) is 0 Å². The number of nitrogens with zero attached hydrogens (tertiary/aromatic N) is 4. The third-order valence-corrected chi connectivity index (χ3v) is 4.79. The van der Waals surface area contributed by atoms with Gasteiger partial charge in [0.2, 0.25) is 0 Å². The molecule has 5 rings (SSSR count). The Bertz CT molecular complexity index is 1260. The van der Waals surface area contributed by atoms with E-state index in [1.165, 1.54) is 0 Å². The summed E-state index contributed by atoms with van der Waals surface area (Å²) >= 11 is 0. The lowest BCUT2D eigenvalue weighted by Crippen LogP contribution is -1.99. The van der Waals surface area contributed by atoms with E-state index >= 15 is 0 Å². The standard InChI is InChI=1S/C22H15N5O/c1-23-21-18-10-14(13-4-6-17-16(9-13)12-25-22(17)28)5-7-19(18)26-20(27-21)15-3-2-8-24-11-15/h2-12H,1H3,(H,23,26,27). The molecule has 1 aliphatic rings. The molecular weight excluding hydrogens is 350 g/mol. The molecule has 0 radical (unpaired) electrons. The van der Waals surface area contributed by atoms with Gasteiger partial charge in [-0.3, -0.25) is 9.78 Å². The molecule has 0 aliphatic carbocycles. The molecule has 2 aromatic carbocycles. The Kier molecular flexibility index (Phi) is 3.69. The lowest BCUT2D eigenvalue weighted by Gasteiger charge is -2.10. The molecule has 0 fully saturated rings. The number of pyridine rings is 1. The van der Waals surface area contributed by atoms with Gasteiger partial charge in [-0.15, -0.1) is 0 Å². The summed E-state index contributed by atoms with van der Waals surface area (Å²) in [6.07, 6.45) is 5.09. The first kappa shape index (κ1) is 16.3. The van der Waals surface area contributed by atoms with Crippen LogP contribution in [-0.4, -0.2) is 34.1 Å². The Morgan fingerprint density at radius 2 is 1.79 bits per heavy atom. The zero-order valence-corrected chi connectivity index (χ0v) is 15.0. The summed E-state index contributed by atoms with van der Waals surface area (Å²) in [5.41, 5.74) is 5.24. The molecule has 3 heterocycles. The van der Waals surface area contributed by atoms with E-state index in [1.807, 2.05) is 49.5 Å². The molecule has 0 saturated heterocycles. The van der Waals surface area contributed by atoms with Crippen LogP contribution < -0.4 is 5.32 Å². The number of benzene rings is 2. The highest BCUT2D eigenvalue weighted by molar-refractivity contribution is 6.13. The van der Waals surface area contributed by atoms with Crippen molar-refractivity contribution in [1.82, 2.24) is 15.0 Å². The Balaban J connectivity index is 1.64. The first-order valence-electron chi connectivity index (χ1n) is 8.86. The van der Waals surface area contributed by atoms with Crippen molar-refractivity contribution in [1.29, 1.82) is 0 Å². The van der Waals surface area contributed by atoms with Gasteiger partial charge in [-0.25, -0.2) is 15.0 Å². The van der Waals surface area contributed by atoms with Crippen molar-refractivity contribution in [3.05, 3.63) is 72.1 Å². The Morgan fingerprint density at radius 3 is 2.61 bits per heavy atom. The fraction of sp³-hybridized carbons (Fsp3) is 0.0455. The van der Waals surface area contributed by atoms with E-state index in [4.69, 9.17) is 4.98 Å². The van der Waals surface area contributed by atoms with Crippen LogP contribution in [0.15, 0.2) is 65.9 Å². The molecule has 0 atom stereocenters. The topological polar surface area (TPSA) is 80.1 Å². The number of aromatic nitrogens is 3. The number of aliphatic imine (C=N–C) groups is 1. The van der Waals surface area contributed by atoms with Crippen LogP contribution in [-0.2, 0) is 0 Å². The van der Waals surface area contributed by atoms with Gasteiger partial charge in [0, 0.05) is 42.2 Å². The second kappa shape index (κ2) is 6.35. The maximum absolute atomic E-state index is 11.7. The third kappa shape index (κ3) is 2.63. The van der Waals surface area contributed by atoms with Gasteiger partial charge in [0.05, 0.1) is 11.1 Å². The first-order valence-corrected chi connectivity index (χ1v) is 8.86. The molecule has 6 heteroatoms. The zero-order chi connectivity index (χ0) is 19.1. The van der Waals surface area contributed by atoms with Crippen molar-refractivity contribution >= 4 is 28.8 Å². The monoisotopic (exact) mass is 365 g/mol. The second-order valence-corrected chi connectivity index (χ2v) is 6.48. The fourth-order valence-electron chi connectivity index (χ4n) is 3.36. The number of carbonyl (C=O) groups is 1. The minimum Gasteiger partial charge on any atom is -0.373 e. The molecule has 1 aliphatic heterocycles. The number of carbonyl (C=O) groups excluding carboxylic acids is 1. The Morgan fingerprint density at radius 1 is 0.929 bits per heavy atom. The summed E-state index contributed by atoms with van der Waals surface area (Å²) in [5.74, 6) is 1.20. The molecule has 6 nitrogen and oxygen atoms in total. The van der Waals surface area contributed by atoms with Crippen LogP contribution in [0.1, 0.15) is 15.9 Å². The van der Waals surface area contributed by atoms with Crippen molar-refractivity contribution in [3.8, 4) is 22.5 Å². The molecule has 0 bridgehead atoms. The molecule has 0 spiro atoms. The van der Waals surface area contributed by atoms with E-state index in [1.54, 1.807) is 18.6 Å². The number of hydrogen-bond donors (Lipinski definition) is 1. The zero-order valence-electron chi connectivity index (χ0n) is 15.0. The van der Waals surface area contributed by atoms with Gasteiger partial charge in [0.1, 0.15) is 5.82 Å². The Hall–Kier alpha value is -3.93. The van der Waals surface area contributed by atoms with E-state index in [0.717, 1.165) is 39.0 Å². The second-order valence-electron chi connectivity index (χ2n) is 6.48. The number of anilines is 1. The molecule has 0 unspecified atom stereocenters. The predicted molar refractivity (Wildman–Crippen MR) is 110 cm³/mol. The highest BCUT2D eigenvalue weighted by Gasteiger charge is 2.16. The van der Waals surface area contributed by atoms with Crippen LogP contribution in [0.4, 0.5) is 5.82 Å². The number of nitrogens with one attached hydrogen (secondary N) is 1. The normalized spacial score (nSPS) is 12.4. The van der Waals surface area contributed by atoms with Crippen molar-refractivity contribution in [2.24, 2.45) is 4.99 Å². The summed E-state index contributed by atoms with van der Waals surface area (Å²) in [5, 5.41) is 4.10. The van der Waals surface area contributed by atoms with Gasteiger partial charge >= 0.3 is 0 Å². The van der Waals surface area contributed by atoms with Gasteiger partial charge in [-0.05, 0) is 47.5 Å². The quantitative estimate of drug-likeness (QED) is 0.594. The Labute approximate surface area is 161 Å². The van der Waals surface area contributed by atoms with Crippen LogP contribution in [0.2, 0.25) is 0 Å². The predicted octanol–water partition coefficient (Wildman–Crippen LogP) is 3.97. The number of hydrogen-bond acceptors (Lipinski definition) is 5. The lowest BCUT2D eigenvalue weighted by atomic mass is 9.99. The molecular formula is C22H15N5O. The summed E-state index contributed by atoms with van der Waals surface area (Å²) in [4.78, 5) is 29.1. The van der Waals surface area contributed by atoms with Crippen molar-refractivity contribution in [2.45, 2.75) is 0 Å². The molecule has 28 heavy (non-hydrogen) atoms. The van der Waals surface area contributed by atoms with E-state index in [2.05, 4.69) is 26.3 Å². The summed E-state index contributed by atoms with van der Waals surface area (Å²) in [7, 11) is 1.85. The lowest BCUT2D eigenvalue weighted by molar-refractivity contribution is 0.101. The van der Waals surface area contributed by atoms with Gasteiger partial charge < -0.3 is 5.32 Å². The van der Waals surface area contributed by atoms with E-state index in [-0.39, 0.29) is 5.91 Å². The maximum atomic E-state index is 11.7. The van der Waals surface area contributed by atoms with Gasteiger partial charge in [-0.2, -0.15) is 0 Å². The SMILES string of the molecule is CNc1nc(-c2cccnc2)nc2ccc(-c3ccc4c(c3)C=NC4=O)cc12. The minimum absolute atomic E-state index is 0.186. The number of fused-ring (bicyclic) bond motifs is 2. The van der Waals surface area contributed by atoms with E-state index < -0.39 is 0 Å². The fourth-order valence-corrected chi connectivity index (χ4v) is 3.36. The molecule has 134 valence electrons. The number of rotatable bonds is 3. The molecule has 2 aromatic heterocycles. The number of amides is 1. The molecule has 0 saturated carbocycles. The smallest absolute Gasteiger partial charge is 0.277 e. The highest BCUT2D eigenvalue weighted by atomic mass is 16.1. The van der Waals surface area contributed by atoms with Crippen LogP contribution in [0, 0.1) is 0 Å². The van der Waals surface area contributed by atoms with Crippen LogP contribution in [0.5, 0.6) is 0 Å². The van der Waals surface area contributed by atoms with Gasteiger partial charge in [-0.1, -0.05) is 12.1 Å². The summed E-state index contributed by atoms with van der Waals surface area (Å²) in [6.45, 7) is 0. The van der Waals surface area contributed by atoms with Gasteiger partial charge in [0.15, 0.2) is 5.82 Å². The van der Waals surface area contributed by atoms with Crippen molar-refractivity contribution in [3.63, 3.8) is 0 Å². The average molecular weight is 365 g/mol.